The fraction of sp³-hybridized carbons (Fsp3) is 0.250. The smallest absolute Gasteiger partial charge is 0.279 e. The fourth-order valence-electron chi connectivity index (χ4n) is 2.83. The van der Waals surface area contributed by atoms with Crippen LogP contribution in [0.4, 0.5) is 0 Å². The number of carbonyl (C=O) groups excluding carboxylic acids is 1. The normalized spacial score (nSPS) is 10.5. The number of hydrogen-bond donors (Lipinski definition) is 1. The summed E-state index contributed by atoms with van der Waals surface area (Å²) in [6.45, 7) is 0.133. The maximum atomic E-state index is 12.8. The lowest BCUT2D eigenvalue weighted by Gasteiger charge is -2.12. The second kappa shape index (κ2) is 8.43. The standard InChI is InChI=1S/C20H21N3O5/c1-26-15-7-4-13(5-8-15)10-21-17(24)12-23-20(25)18-14(11-22-23)6-9-16(27-2)19(18)28-3/h4-9,11H,10,12H2,1-3H3,(H,21,24). The lowest BCUT2D eigenvalue weighted by Crippen LogP contribution is -2.33. The van der Waals surface area contributed by atoms with Gasteiger partial charge in [-0.1, -0.05) is 12.1 Å². The largest absolute Gasteiger partial charge is 0.497 e. The van der Waals surface area contributed by atoms with Gasteiger partial charge < -0.3 is 19.5 Å². The van der Waals surface area contributed by atoms with Crippen LogP contribution in [0.3, 0.4) is 0 Å². The average Bonchev–Trinajstić information content (AvgIpc) is 2.73. The average molecular weight is 383 g/mol. The summed E-state index contributed by atoms with van der Waals surface area (Å²) in [6, 6.07) is 10.8. The van der Waals surface area contributed by atoms with Gasteiger partial charge in [0, 0.05) is 11.9 Å². The number of nitrogens with zero attached hydrogens (tertiary/aromatic N) is 2. The minimum Gasteiger partial charge on any atom is -0.497 e. The molecular formula is C20H21N3O5. The van der Waals surface area contributed by atoms with Crippen LogP contribution in [-0.2, 0) is 17.9 Å². The van der Waals surface area contributed by atoms with Crippen LogP contribution < -0.4 is 25.1 Å². The van der Waals surface area contributed by atoms with Gasteiger partial charge in [0.15, 0.2) is 11.5 Å². The van der Waals surface area contributed by atoms with E-state index in [1.54, 1.807) is 19.2 Å². The number of benzene rings is 2. The number of fused-ring (bicyclic) bond motifs is 1. The molecule has 0 atom stereocenters. The van der Waals surface area contributed by atoms with Crippen molar-refractivity contribution in [2.75, 3.05) is 21.3 Å². The summed E-state index contributed by atoms with van der Waals surface area (Å²) in [7, 11) is 4.55. The first-order valence-electron chi connectivity index (χ1n) is 8.57. The van der Waals surface area contributed by atoms with E-state index >= 15 is 0 Å². The highest BCUT2D eigenvalue weighted by molar-refractivity contribution is 5.89. The van der Waals surface area contributed by atoms with Crippen molar-refractivity contribution in [2.45, 2.75) is 13.1 Å². The Labute approximate surface area is 161 Å². The molecule has 1 amide bonds. The van der Waals surface area contributed by atoms with Crippen molar-refractivity contribution >= 4 is 16.7 Å². The van der Waals surface area contributed by atoms with E-state index in [1.807, 2.05) is 24.3 Å². The number of aromatic nitrogens is 2. The monoisotopic (exact) mass is 383 g/mol. The first kappa shape index (κ1) is 19.2. The summed E-state index contributed by atoms with van der Waals surface area (Å²) in [6.07, 6.45) is 1.52. The Hall–Kier alpha value is -3.55. The summed E-state index contributed by atoms with van der Waals surface area (Å²) in [4.78, 5) is 25.1. The first-order valence-corrected chi connectivity index (χ1v) is 8.57. The SMILES string of the molecule is COc1ccc(CNC(=O)Cn2ncc3ccc(OC)c(OC)c3c2=O)cc1. The van der Waals surface area contributed by atoms with E-state index in [4.69, 9.17) is 14.2 Å². The zero-order chi connectivity index (χ0) is 20.1. The molecule has 8 nitrogen and oxygen atoms in total. The van der Waals surface area contributed by atoms with Gasteiger partial charge in [-0.25, -0.2) is 4.68 Å². The molecule has 0 aliphatic rings. The Bertz CT molecular complexity index is 1040. The molecule has 0 spiro atoms. The van der Waals surface area contributed by atoms with Gasteiger partial charge >= 0.3 is 0 Å². The van der Waals surface area contributed by atoms with Gasteiger partial charge in [-0.15, -0.1) is 0 Å². The van der Waals surface area contributed by atoms with Gasteiger partial charge in [0.1, 0.15) is 12.3 Å². The Balaban J connectivity index is 1.78. The highest BCUT2D eigenvalue weighted by Gasteiger charge is 2.15. The molecular weight excluding hydrogens is 362 g/mol. The number of carbonyl (C=O) groups is 1. The highest BCUT2D eigenvalue weighted by Crippen LogP contribution is 2.32. The Kier molecular flexibility index (Phi) is 5.78. The maximum Gasteiger partial charge on any atom is 0.279 e. The molecule has 0 saturated carbocycles. The van der Waals surface area contributed by atoms with E-state index in [0.717, 1.165) is 16.0 Å². The van der Waals surface area contributed by atoms with Crippen LogP contribution in [-0.4, -0.2) is 37.0 Å². The first-order chi connectivity index (χ1) is 13.6. The predicted octanol–water partition coefficient (Wildman–Crippen LogP) is 1.74. The van der Waals surface area contributed by atoms with E-state index in [9.17, 15) is 9.59 Å². The third kappa shape index (κ3) is 3.90. The van der Waals surface area contributed by atoms with Gasteiger partial charge in [0.25, 0.3) is 5.56 Å². The second-order valence-electron chi connectivity index (χ2n) is 6.00. The van der Waals surface area contributed by atoms with Gasteiger partial charge in [-0.3, -0.25) is 9.59 Å². The molecule has 1 heterocycles. The molecule has 0 unspecified atom stereocenters. The third-order valence-corrected chi connectivity index (χ3v) is 4.30. The molecule has 0 radical (unpaired) electrons. The van der Waals surface area contributed by atoms with Crippen molar-refractivity contribution in [3.8, 4) is 17.2 Å². The number of nitrogens with one attached hydrogen (secondary N) is 1. The zero-order valence-corrected chi connectivity index (χ0v) is 15.9. The van der Waals surface area contributed by atoms with Crippen LogP contribution in [0.15, 0.2) is 47.4 Å². The molecule has 28 heavy (non-hydrogen) atoms. The number of rotatable bonds is 7. The molecule has 1 aromatic heterocycles. The van der Waals surface area contributed by atoms with E-state index < -0.39 is 5.56 Å². The molecule has 146 valence electrons. The minimum absolute atomic E-state index is 0.203. The van der Waals surface area contributed by atoms with Crippen LogP contribution in [0, 0.1) is 0 Å². The topological polar surface area (TPSA) is 91.7 Å². The lowest BCUT2D eigenvalue weighted by molar-refractivity contribution is -0.122. The van der Waals surface area contributed by atoms with E-state index in [2.05, 4.69) is 10.4 Å². The van der Waals surface area contributed by atoms with Gasteiger partial charge in [-0.2, -0.15) is 5.10 Å². The predicted molar refractivity (Wildman–Crippen MR) is 104 cm³/mol. The van der Waals surface area contributed by atoms with Crippen LogP contribution >= 0.6 is 0 Å². The van der Waals surface area contributed by atoms with Crippen LogP contribution in [0.25, 0.3) is 10.8 Å². The summed E-state index contributed by atoms with van der Waals surface area (Å²) in [5.41, 5.74) is 0.493. The molecule has 0 fully saturated rings. The van der Waals surface area contributed by atoms with Crippen LogP contribution in [0.1, 0.15) is 5.56 Å². The molecule has 8 heteroatoms. The summed E-state index contributed by atoms with van der Waals surface area (Å²) < 4.78 is 16.8. The van der Waals surface area contributed by atoms with E-state index in [0.29, 0.717) is 28.8 Å². The molecule has 0 saturated heterocycles. The number of ether oxygens (including phenoxy) is 3. The van der Waals surface area contributed by atoms with E-state index in [1.165, 1.54) is 20.4 Å². The molecule has 3 rings (SSSR count). The van der Waals surface area contributed by atoms with Crippen molar-refractivity contribution < 1.29 is 19.0 Å². The van der Waals surface area contributed by atoms with Gasteiger partial charge in [-0.05, 0) is 29.8 Å². The van der Waals surface area contributed by atoms with Gasteiger partial charge in [0.05, 0.1) is 32.9 Å². The van der Waals surface area contributed by atoms with Gasteiger partial charge in [0.2, 0.25) is 5.91 Å². The molecule has 2 aromatic carbocycles. The number of hydrogen-bond acceptors (Lipinski definition) is 6. The number of amides is 1. The lowest BCUT2D eigenvalue weighted by atomic mass is 10.1. The van der Waals surface area contributed by atoms with E-state index in [-0.39, 0.29) is 12.5 Å². The van der Waals surface area contributed by atoms with Crippen molar-refractivity contribution in [3.05, 3.63) is 58.5 Å². The zero-order valence-electron chi connectivity index (χ0n) is 15.9. The highest BCUT2D eigenvalue weighted by atomic mass is 16.5. The summed E-state index contributed by atoms with van der Waals surface area (Å²) in [5.74, 6) is 1.17. The minimum atomic E-state index is -0.423. The van der Waals surface area contributed by atoms with Crippen LogP contribution in [0.5, 0.6) is 17.2 Å². The molecule has 0 bridgehead atoms. The van der Waals surface area contributed by atoms with Crippen molar-refractivity contribution in [1.29, 1.82) is 0 Å². The summed E-state index contributed by atoms with van der Waals surface area (Å²) in [5, 5.41) is 7.79. The van der Waals surface area contributed by atoms with Crippen molar-refractivity contribution in [1.82, 2.24) is 15.1 Å². The molecule has 3 aromatic rings. The molecule has 1 N–H and O–H groups in total. The molecule has 0 aliphatic carbocycles. The second-order valence-corrected chi connectivity index (χ2v) is 6.00. The van der Waals surface area contributed by atoms with Crippen molar-refractivity contribution in [2.24, 2.45) is 0 Å². The molecule has 0 aliphatic heterocycles. The Morgan fingerprint density at radius 1 is 1.04 bits per heavy atom. The maximum absolute atomic E-state index is 12.8. The Morgan fingerprint density at radius 2 is 1.79 bits per heavy atom. The number of methoxy groups -OCH3 is 3. The quantitative estimate of drug-likeness (QED) is 0.668. The fourth-order valence-corrected chi connectivity index (χ4v) is 2.83. The van der Waals surface area contributed by atoms with Crippen molar-refractivity contribution in [3.63, 3.8) is 0 Å². The van der Waals surface area contributed by atoms with Crippen LogP contribution in [0.2, 0.25) is 0 Å². The Morgan fingerprint density at radius 3 is 2.43 bits per heavy atom. The summed E-state index contributed by atoms with van der Waals surface area (Å²) >= 11 is 0. The third-order valence-electron chi connectivity index (χ3n) is 4.30.